The highest BCUT2D eigenvalue weighted by molar-refractivity contribution is 6.36. The number of aromatic nitrogens is 1. The smallest absolute Gasteiger partial charge is 0.420 e. The maximum absolute atomic E-state index is 12.9. The fraction of sp³-hybridized carbons (Fsp3) is 0.154. The standard InChI is InChI=1S/C13H8Cl2F3NO/c1-20-12-9(13(16,17)18)4-5-19-11(12)8-3-2-7(14)6-10(8)15/h2-6H,1H3. The molecule has 2 rings (SSSR count). The van der Waals surface area contributed by atoms with Crippen molar-refractivity contribution < 1.29 is 17.9 Å². The first-order valence-electron chi connectivity index (χ1n) is 5.40. The molecule has 0 aliphatic heterocycles. The Balaban J connectivity index is 2.69. The predicted octanol–water partition coefficient (Wildman–Crippen LogP) is 5.08. The summed E-state index contributed by atoms with van der Waals surface area (Å²) >= 11 is 11.8. The van der Waals surface area contributed by atoms with Gasteiger partial charge in [0.2, 0.25) is 0 Å². The number of ether oxygens (including phenoxy) is 1. The number of hydrogen-bond acceptors (Lipinski definition) is 2. The Bertz CT molecular complexity index is 644. The molecule has 20 heavy (non-hydrogen) atoms. The summed E-state index contributed by atoms with van der Waals surface area (Å²) in [6, 6.07) is 5.30. The van der Waals surface area contributed by atoms with Gasteiger partial charge in [-0.1, -0.05) is 23.2 Å². The second-order valence-corrected chi connectivity index (χ2v) is 4.71. The third-order valence-corrected chi connectivity index (χ3v) is 3.15. The van der Waals surface area contributed by atoms with Crippen molar-refractivity contribution in [3.05, 3.63) is 46.1 Å². The van der Waals surface area contributed by atoms with Gasteiger partial charge in [0.15, 0.2) is 5.75 Å². The summed E-state index contributed by atoms with van der Waals surface area (Å²) in [4.78, 5) is 3.93. The van der Waals surface area contributed by atoms with Crippen LogP contribution in [0.4, 0.5) is 13.2 Å². The summed E-state index contributed by atoms with van der Waals surface area (Å²) in [6.45, 7) is 0. The van der Waals surface area contributed by atoms with Gasteiger partial charge in [0.1, 0.15) is 11.3 Å². The quantitative estimate of drug-likeness (QED) is 0.769. The number of benzene rings is 1. The van der Waals surface area contributed by atoms with Gasteiger partial charge in [0, 0.05) is 16.8 Å². The summed E-state index contributed by atoms with van der Waals surface area (Å²) < 4.78 is 43.7. The average molecular weight is 322 g/mol. The Labute approximate surface area is 123 Å². The van der Waals surface area contributed by atoms with Crippen LogP contribution >= 0.6 is 23.2 Å². The second-order valence-electron chi connectivity index (χ2n) is 3.86. The largest absolute Gasteiger partial charge is 0.494 e. The fourth-order valence-corrected chi connectivity index (χ4v) is 2.25. The van der Waals surface area contributed by atoms with Crippen LogP contribution in [0.2, 0.25) is 10.0 Å². The summed E-state index contributed by atoms with van der Waals surface area (Å²) in [5.41, 5.74) is -0.570. The van der Waals surface area contributed by atoms with E-state index in [1.165, 1.54) is 18.2 Å². The summed E-state index contributed by atoms with van der Waals surface area (Å²) in [5.74, 6) is -0.371. The molecule has 0 spiro atoms. The Kier molecular flexibility index (Phi) is 4.11. The van der Waals surface area contributed by atoms with Crippen LogP contribution in [-0.2, 0) is 6.18 Å². The van der Waals surface area contributed by atoms with Crippen LogP contribution in [0.15, 0.2) is 30.5 Å². The average Bonchev–Trinajstić information content (AvgIpc) is 2.37. The SMILES string of the molecule is COc1c(C(F)(F)F)ccnc1-c1ccc(Cl)cc1Cl. The number of alkyl halides is 3. The highest BCUT2D eigenvalue weighted by Crippen LogP contribution is 2.42. The van der Waals surface area contributed by atoms with Crippen molar-refractivity contribution in [3.8, 4) is 17.0 Å². The molecule has 0 bridgehead atoms. The Morgan fingerprint density at radius 2 is 1.85 bits per heavy atom. The predicted molar refractivity (Wildman–Crippen MR) is 71.2 cm³/mol. The van der Waals surface area contributed by atoms with Crippen molar-refractivity contribution in [3.63, 3.8) is 0 Å². The first kappa shape index (κ1) is 14.9. The maximum Gasteiger partial charge on any atom is 0.420 e. The van der Waals surface area contributed by atoms with Crippen molar-refractivity contribution in [1.82, 2.24) is 4.98 Å². The van der Waals surface area contributed by atoms with Crippen molar-refractivity contribution in [2.75, 3.05) is 7.11 Å². The molecule has 0 N–H and O–H groups in total. The normalized spacial score (nSPS) is 11.5. The molecule has 0 amide bonds. The third kappa shape index (κ3) is 2.83. The van der Waals surface area contributed by atoms with E-state index in [1.807, 2.05) is 0 Å². The van der Waals surface area contributed by atoms with E-state index in [0.717, 1.165) is 19.4 Å². The van der Waals surface area contributed by atoms with Crippen molar-refractivity contribution in [1.29, 1.82) is 0 Å². The molecular weight excluding hydrogens is 314 g/mol. The molecule has 0 aliphatic carbocycles. The highest BCUT2D eigenvalue weighted by Gasteiger charge is 2.36. The lowest BCUT2D eigenvalue weighted by Crippen LogP contribution is -2.09. The molecule has 0 aliphatic rings. The molecule has 2 nitrogen and oxygen atoms in total. The molecule has 2 aromatic rings. The topological polar surface area (TPSA) is 22.1 Å². The van der Waals surface area contributed by atoms with Gasteiger partial charge in [-0.05, 0) is 24.3 Å². The van der Waals surface area contributed by atoms with Crippen LogP contribution in [0.3, 0.4) is 0 Å². The van der Waals surface area contributed by atoms with Gasteiger partial charge < -0.3 is 4.74 Å². The van der Waals surface area contributed by atoms with Gasteiger partial charge in [-0.3, -0.25) is 4.98 Å². The summed E-state index contributed by atoms with van der Waals surface area (Å²) in [5, 5.41) is 0.576. The van der Waals surface area contributed by atoms with Crippen LogP contribution in [0, 0.1) is 0 Å². The van der Waals surface area contributed by atoms with Gasteiger partial charge >= 0.3 is 6.18 Å². The minimum atomic E-state index is -4.54. The molecule has 0 atom stereocenters. The molecule has 0 saturated carbocycles. The molecule has 1 aromatic heterocycles. The van der Waals surface area contributed by atoms with Gasteiger partial charge in [0.25, 0.3) is 0 Å². The van der Waals surface area contributed by atoms with E-state index < -0.39 is 11.7 Å². The number of methoxy groups -OCH3 is 1. The van der Waals surface area contributed by atoms with E-state index in [1.54, 1.807) is 0 Å². The van der Waals surface area contributed by atoms with Crippen LogP contribution in [0.1, 0.15) is 5.56 Å². The fourth-order valence-electron chi connectivity index (χ4n) is 1.75. The van der Waals surface area contributed by atoms with E-state index in [-0.39, 0.29) is 16.5 Å². The number of pyridine rings is 1. The second kappa shape index (κ2) is 5.50. The zero-order valence-corrected chi connectivity index (χ0v) is 11.6. The van der Waals surface area contributed by atoms with Crippen LogP contribution in [0.25, 0.3) is 11.3 Å². The summed E-state index contributed by atoms with van der Waals surface area (Å²) in [7, 11) is 1.15. The number of hydrogen-bond donors (Lipinski definition) is 0. The monoisotopic (exact) mass is 321 g/mol. The van der Waals surface area contributed by atoms with Gasteiger partial charge in [-0.25, -0.2) is 0 Å². The molecule has 1 heterocycles. The van der Waals surface area contributed by atoms with E-state index in [9.17, 15) is 13.2 Å². The molecule has 7 heteroatoms. The van der Waals surface area contributed by atoms with Crippen LogP contribution in [0.5, 0.6) is 5.75 Å². The van der Waals surface area contributed by atoms with E-state index in [2.05, 4.69) is 4.98 Å². The van der Waals surface area contributed by atoms with Crippen molar-refractivity contribution in [2.45, 2.75) is 6.18 Å². The van der Waals surface area contributed by atoms with Gasteiger partial charge in [-0.15, -0.1) is 0 Å². The van der Waals surface area contributed by atoms with E-state index >= 15 is 0 Å². The molecule has 0 unspecified atom stereocenters. The Hall–Kier alpha value is -1.46. The van der Waals surface area contributed by atoms with Gasteiger partial charge in [-0.2, -0.15) is 13.2 Å². The van der Waals surface area contributed by atoms with Crippen molar-refractivity contribution >= 4 is 23.2 Å². The lowest BCUT2D eigenvalue weighted by molar-refractivity contribution is -0.138. The Morgan fingerprint density at radius 3 is 2.40 bits per heavy atom. The van der Waals surface area contributed by atoms with E-state index in [0.29, 0.717) is 10.6 Å². The zero-order valence-electron chi connectivity index (χ0n) is 10.1. The number of halogens is 5. The van der Waals surface area contributed by atoms with Crippen LogP contribution < -0.4 is 4.74 Å². The first-order chi connectivity index (χ1) is 9.34. The number of rotatable bonds is 2. The maximum atomic E-state index is 12.9. The third-order valence-electron chi connectivity index (χ3n) is 2.60. The highest BCUT2D eigenvalue weighted by atomic mass is 35.5. The Morgan fingerprint density at radius 1 is 1.15 bits per heavy atom. The number of nitrogens with zero attached hydrogens (tertiary/aromatic N) is 1. The lowest BCUT2D eigenvalue weighted by Gasteiger charge is -2.15. The van der Waals surface area contributed by atoms with Crippen molar-refractivity contribution in [2.24, 2.45) is 0 Å². The molecule has 1 aromatic carbocycles. The molecule has 0 radical (unpaired) electrons. The molecular formula is C13H8Cl2F3NO. The summed E-state index contributed by atoms with van der Waals surface area (Å²) in [6.07, 6.45) is -3.48. The molecule has 0 saturated heterocycles. The molecule has 106 valence electrons. The minimum Gasteiger partial charge on any atom is -0.494 e. The van der Waals surface area contributed by atoms with E-state index in [4.69, 9.17) is 27.9 Å². The molecule has 0 fully saturated rings. The van der Waals surface area contributed by atoms with Crippen LogP contribution in [-0.4, -0.2) is 12.1 Å². The first-order valence-corrected chi connectivity index (χ1v) is 6.16. The van der Waals surface area contributed by atoms with Gasteiger partial charge in [0.05, 0.1) is 12.1 Å². The lowest BCUT2D eigenvalue weighted by atomic mass is 10.1. The minimum absolute atomic E-state index is 0.0176. The zero-order chi connectivity index (χ0) is 14.9.